The largest absolute Gasteiger partial charge is 0.337 e. The molecule has 0 spiro atoms. The molecule has 2 aromatic carbocycles. The summed E-state index contributed by atoms with van der Waals surface area (Å²) in [5.74, 6) is -0.0747. The van der Waals surface area contributed by atoms with Crippen molar-refractivity contribution in [2.45, 2.75) is 32.0 Å². The smallest absolute Gasteiger partial charge is 0.270 e. The summed E-state index contributed by atoms with van der Waals surface area (Å²) in [7, 11) is 4.05. The zero-order valence-electron chi connectivity index (χ0n) is 22.5. The van der Waals surface area contributed by atoms with Crippen molar-refractivity contribution in [2.24, 2.45) is 0 Å². The maximum Gasteiger partial charge on any atom is 0.270 e. The molecule has 39 heavy (non-hydrogen) atoms. The highest BCUT2D eigenvalue weighted by Crippen LogP contribution is 2.31. The lowest BCUT2D eigenvalue weighted by Crippen LogP contribution is -2.45. The molecule has 7 heteroatoms. The molecule has 0 N–H and O–H groups in total. The fourth-order valence-electron chi connectivity index (χ4n) is 5.71. The average molecular weight is 520 g/mol. The van der Waals surface area contributed by atoms with Crippen LogP contribution in [-0.2, 0) is 13.1 Å². The Balaban J connectivity index is 1.29. The van der Waals surface area contributed by atoms with E-state index in [1.54, 1.807) is 6.20 Å². The Hall–Kier alpha value is -4.23. The molecule has 2 aliphatic heterocycles. The molecule has 198 valence electrons. The van der Waals surface area contributed by atoms with Gasteiger partial charge in [-0.25, -0.2) is 0 Å². The summed E-state index contributed by atoms with van der Waals surface area (Å²) < 4.78 is 2.08. The molecule has 0 aliphatic carbocycles. The third-order valence-corrected chi connectivity index (χ3v) is 8.10. The monoisotopic (exact) mass is 519 g/mol. The number of nitrogens with zero attached hydrogens (tertiary/aromatic N) is 5. The van der Waals surface area contributed by atoms with Crippen molar-refractivity contribution < 1.29 is 9.59 Å². The molecular weight excluding hydrogens is 486 g/mol. The van der Waals surface area contributed by atoms with E-state index in [0.29, 0.717) is 24.3 Å². The summed E-state index contributed by atoms with van der Waals surface area (Å²) in [4.78, 5) is 38.1. The summed E-state index contributed by atoms with van der Waals surface area (Å²) in [6, 6.07) is 25.8. The minimum atomic E-state index is -0.111. The van der Waals surface area contributed by atoms with Crippen LogP contribution in [0.5, 0.6) is 0 Å². The van der Waals surface area contributed by atoms with Gasteiger partial charge in [0.25, 0.3) is 11.8 Å². The van der Waals surface area contributed by atoms with E-state index >= 15 is 0 Å². The van der Waals surface area contributed by atoms with Crippen LogP contribution in [0.25, 0.3) is 11.3 Å². The predicted molar refractivity (Wildman–Crippen MR) is 153 cm³/mol. The molecule has 0 atom stereocenters. The molecule has 2 aliphatic rings. The SMILES string of the molecule is CN1CCC(N(C)C(=O)c2ccc3n2Cc2ccccc2N(C(=O)c2ccc(-c4ccccc4)nc2)C3)CC1. The molecular formula is C32H33N5O2. The lowest BCUT2D eigenvalue weighted by Gasteiger charge is -2.35. The van der Waals surface area contributed by atoms with Crippen molar-refractivity contribution in [1.29, 1.82) is 0 Å². The molecule has 0 radical (unpaired) electrons. The Morgan fingerprint density at radius 3 is 2.36 bits per heavy atom. The van der Waals surface area contributed by atoms with Crippen molar-refractivity contribution in [3.63, 3.8) is 0 Å². The number of likely N-dealkylation sites (tertiary alicyclic amines) is 1. The van der Waals surface area contributed by atoms with Crippen molar-refractivity contribution >= 4 is 17.5 Å². The number of carbonyl (C=O) groups excluding carboxylic acids is 2. The lowest BCUT2D eigenvalue weighted by atomic mass is 10.0. The molecule has 4 heterocycles. The Labute approximate surface area is 229 Å². The predicted octanol–water partition coefficient (Wildman–Crippen LogP) is 4.93. The zero-order valence-corrected chi connectivity index (χ0v) is 22.5. The van der Waals surface area contributed by atoms with E-state index in [1.807, 2.05) is 95.7 Å². The normalized spacial score (nSPS) is 15.8. The number of anilines is 1. The quantitative estimate of drug-likeness (QED) is 0.384. The van der Waals surface area contributed by atoms with Gasteiger partial charge in [-0.05, 0) is 68.9 Å². The molecule has 2 amide bonds. The van der Waals surface area contributed by atoms with Crippen LogP contribution in [0.15, 0.2) is 85.1 Å². The van der Waals surface area contributed by atoms with E-state index in [2.05, 4.69) is 21.5 Å². The van der Waals surface area contributed by atoms with Crippen LogP contribution in [0.4, 0.5) is 5.69 Å². The first-order valence-corrected chi connectivity index (χ1v) is 13.5. The topological polar surface area (TPSA) is 61.7 Å². The van der Waals surface area contributed by atoms with E-state index in [0.717, 1.165) is 54.1 Å². The standard InChI is InChI=1S/C32H33N5O2/c1-34-18-16-26(17-19-34)35(2)32(39)30-15-13-27-22-37(29-11-7-6-10-25(29)21-36(27)30)31(38)24-12-14-28(33-20-24)23-8-4-3-5-9-23/h3-15,20,26H,16-19,21-22H2,1-2H3. The second-order valence-corrected chi connectivity index (χ2v) is 10.6. The summed E-state index contributed by atoms with van der Waals surface area (Å²) >= 11 is 0. The highest BCUT2D eigenvalue weighted by molar-refractivity contribution is 6.06. The third-order valence-electron chi connectivity index (χ3n) is 8.10. The fraction of sp³-hybridized carbons (Fsp3) is 0.281. The van der Waals surface area contributed by atoms with E-state index in [-0.39, 0.29) is 17.9 Å². The van der Waals surface area contributed by atoms with Crippen LogP contribution in [0, 0.1) is 0 Å². The van der Waals surface area contributed by atoms with Crippen molar-refractivity contribution in [3.05, 3.63) is 108 Å². The van der Waals surface area contributed by atoms with E-state index in [4.69, 9.17) is 0 Å². The molecule has 1 fully saturated rings. The number of carbonyl (C=O) groups is 2. The summed E-state index contributed by atoms with van der Waals surface area (Å²) in [6.07, 6.45) is 3.62. The van der Waals surface area contributed by atoms with Gasteiger partial charge in [-0.15, -0.1) is 0 Å². The molecule has 6 rings (SSSR count). The number of rotatable bonds is 4. The van der Waals surface area contributed by atoms with E-state index in [1.165, 1.54) is 0 Å². The summed E-state index contributed by atoms with van der Waals surface area (Å²) in [5, 5.41) is 0. The fourth-order valence-corrected chi connectivity index (χ4v) is 5.71. The Morgan fingerprint density at radius 1 is 0.872 bits per heavy atom. The Morgan fingerprint density at radius 2 is 1.62 bits per heavy atom. The number of benzene rings is 2. The van der Waals surface area contributed by atoms with E-state index < -0.39 is 0 Å². The van der Waals surface area contributed by atoms with Crippen molar-refractivity contribution in [2.75, 3.05) is 32.1 Å². The second-order valence-electron chi connectivity index (χ2n) is 10.6. The summed E-state index contributed by atoms with van der Waals surface area (Å²) in [5.41, 5.74) is 5.85. The summed E-state index contributed by atoms with van der Waals surface area (Å²) in [6.45, 7) is 2.91. The first-order chi connectivity index (χ1) is 19.0. The number of aromatic nitrogens is 2. The van der Waals surface area contributed by atoms with Gasteiger partial charge in [0.05, 0.1) is 24.3 Å². The number of amides is 2. The van der Waals surface area contributed by atoms with Crippen molar-refractivity contribution in [1.82, 2.24) is 19.4 Å². The van der Waals surface area contributed by atoms with Gasteiger partial charge in [-0.3, -0.25) is 14.6 Å². The first kappa shape index (κ1) is 25.1. The second kappa shape index (κ2) is 10.5. The third kappa shape index (κ3) is 4.86. The lowest BCUT2D eigenvalue weighted by molar-refractivity contribution is 0.0649. The van der Waals surface area contributed by atoms with Gasteiger partial charge < -0.3 is 19.3 Å². The number of para-hydroxylation sites is 1. The van der Waals surface area contributed by atoms with Crippen LogP contribution in [-0.4, -0.2) is 64.4 Å². The molecule has 0 unspecified atom stereocenters. The van der Waals surface area contributed by atoms with Gasteiger partial charge in [-0.1, -0.05) is 48.5 Å². The van der Waals surface area contributed by atoms with Crippen molar-refractivity contribution in [3.8, 4) is 11.3 Å². The van der Waals surface area contributed by atoms with Crippen LogP contribution in [0.2, 0.25) is 0 Å². The van der Waals surface area contributed by atoms with Crippen LogP contribution < -0.4 is 4.90 Å². The number of fused-ring (bicyclic) bond motifs is 2. The van der Waals surface area contributed by atoms with E-state index in [9.17, 15) is 9.59 Å². The van der Waals surface area contributed by atoms with Crippen LogP contribution in [0.3, 0.4) is 0 Å². The Bertz CT molecular complexity index is 1490. The number of hydrogen-bond acceptors (Lipinski definition) is 4. The zero-order chi connectivity index (χ0) is 26.9. The maximum absolute atomic E-state index is 13.9. The maximum atomic E-state index is 13.9. The Kier molecular flexibility index (Phi) is 6.75. The first-order valence-electron chi connectivity index (χ1n) is 13.5. The van der Waals surface area contributed by atoms with Gasteiger partial charge in [0.2, 0.25) is 0 Å². The number of pyridine rings is 1. The highest BCUT2D eigenvalue weighted by atomic mass is 16.2. The molecule has 7 nitrogen and oxygen atoms in total. The minimum Gasteiger partial charge on any atom is -0.337 e. The van der Waals surface area contributed by atoms with Crippen LogP contribution >= 0.6 is 0 Å². The van der Waals surface area contributed by atoms with Crippen LogP contribution in [0.1, 0.15) is 44.9 Å². The molecule has 0 bridgehead atoms. The van der Waals surface area contributed by atoms with Gasteiger partial charge in [-0.2, -0.15) is 0 Å². The van der Waals surface area contributed by atoms with Gasteiger partial charge in [0.15, 0.2) is 0 Å². The van der Waals surface area contributed by atoms with Gasteiger partial charge in [0.1, 0.15) is 5.69 Å². The molecule has 4 aromatic rings. The number of piperidine rings is 1. The molecule has 2 aromatic heterocycles. The van der Waals surface area contributed by atoms with Gasteiger partial charge in [0, 0.05) is 36.2 Å². The highest BCUT2D eigenvalue weighted by Gasteiger charge is 2.30. The molecule has 1 saturated heterocycles. The van der Waals surface area contributed by atoms with Gasteiger partial charge >= 0.3 is 0 Å². The average Bonchev–Trinajstić information content (AvgIpc) is 3.29. The minimum absolute atomic E-state index is 0.0359. The number of hydrogen-bond donors (Lipinski definition) is 0. The molecule has 0 saturated carbocycles.